The quantitative estimate of drug-likeness (QED) is 0.604. The second kappa shape index (κ2) is 8.42. The minimum absolute atomic E-state index is 0.0166. The normalized spacial score (nSPS) is 22.3. The third-order valence-electron chi connectivity index (χ3n) is 6.52. The van der Waals surface area contributed by atoms with Gasteiger partial charge in [0.25, 0.3) is 0 Å². The highest BCUT2D eigenvalue weighted by Crippen LogP contribution is 2.44. The lowest BCUT2D eigenvalue weighted by molar-refractivity contribution is -0.0291. The van der Waals surface area contributed by atoms with Gasteiger partial charge in [-0.05, 0) is 83.5 Å². The van der Waals surface area contributed by atoms with Gasteiger partial charge in [0.2, 0.25) is 0 Å². The number of rotatable bonds is 8. The number of nitrogens with zero attached hydrogens (tertiary/aromatic N) is 2. The van der Waals surface area contributed by atoms with E-state index in [2.05, 4.69) is 67.2 Å². The number of likely N-dealkylation sites (tertiary alicyclic amines) is 1. The van der Waals surface area contributed by atoms with Gasteiger partial charge >= 0.3 is 0 Å². The Kier molecular flexibility index (Phi) is 6.39. The minimum Gasteiger partial charge on any atom is -0.378 e. The van der Waals surface area contributed by atoms with E-state index in [1.807, 2.05) is 24.5 Å². The van der Waals surface area contributed by atoms with E-state index >= 15 is 0 Å². The van der Waals surface area contributed by atoms with E-state index < -0.39 is 0 Å². The Balaban J connectivity index is 1.78. The van der Waals surface area contributed by atoms with Crippen molar-refractivity contribution in [2.24, 2.45) is 5.41 Å². The molecule has 0 bridgehead atoms. The fourth-order valence-electron chi connectivity index (χ4n) is 4.38. The lowest BCUT2D eigenvalue weighted by Crippen LogP contribution is -2.44. The molecule has 2 aromatic rings. The van der Waals surface area contributed by atoms with Crippen LogP contribution in [0.2, 0.25) is 0 Å². The Morgan fingerprint density at radius 2 is 2.15 bits per heavy atom. The molecule has 0 amide bonds. The largest absolute Gasteiger partial charge is 0.378 e. The van der Waals surface area contributed by atoms with Gasteiger partial charge in [0.1, 0.15) is 0 Å². The molecule has 3 nitrogen and oxygen atoms in total. The summed E-state index contributed by atoms with van der Waals surface area (Å²) in [5, 5.41) is 2.18. The number of pyridine rings is 1. The second-order valence-electron chi connectivity index (χ2n) is 8.46. The Morgan fingerprint density at radius 3 is 2.78 bits per heavy atom. The van der Waals surface area contributed by atoms with Crippen molar-refractivity contribution in [3.63, 3.8) is 0 Å². The van der Waals surface area contributed by atoms with E-state index in [1.165, 1.54) is 23.3 Å². The molecule has 0 radical (unpaired) electrons. The molecular formula is C23H34N2OS. The van der Waals surface area contributed by atoms with Gasteiger partial charge in [-0.15, -0.1) is 11.3 Å². The average molecular weight is 387 g/mol. The summed E-state index contributed by atoms with van der Waals surface area (Å²) in [6, 6.07) is 8.78. The molecule has 0 saturated carbocycles. The van der Waals surface area contributed by atoms with Gasteiger partial charge in [-0.1, -0.05) is 12.1 Å². The first kappa shape index (κ1) is 20.5. The predicted octanol–water partition coefficient (Wildman–Crippen LogP) is 5.44. The monoisotopic (exact) mass is 386 g/mol. The molecule has 27 heavy (non-hydrogen) atoms. The van der Waals surface area contributed by atoms with Crippen molar-refractivity contribution < 1.29 is 4.74 Å². The van der Waals surface area contributed by atoms with Crippen molar-refractivity contribution in [2.45, 2.75) is 65.5 Å². The molecule has 0 spiro atoms. The fraction of sp³-hybridized carbons (Fsp3) is 0.609. The first-order valence-corrected chi connectivity index (χ1v) is 11.1. The fourth-order valence-corrected chi connectivity index (χ4v) is 5.09. The topological polar surface area (TPSA) is 25.4 Å². The smallest absolute Gasteiger partial charge is 0.0615 e. The molecule has 1 aliphatic rings. The highest BCUT2D eigenvalue weighted by atomic mass is 32.1. The van der Waals surface area contributed by atoms with Crippen LogP contribution in [-0.2, 0) is 16.7 Å². The van der Waals surface area contributed by atoms with Crippen molar-refractivity contribution in [3.05, 3.63) is 52.0 Å². The number of aryl methyl sites for hydroxylation is 2. The van der Waals surface area contributed by atoms with Gasteiger partial charge < -0.3 is 4.74 Å². The zero-order valence-electron chi connectivity index (χ0n) is 17.5. The van der Waals surface area contributed by atoms with Gasteiger partial charge in [-0.25, -0.2) is 0 Å². The Morgan fingerprint density at radius 1 is 1.33 bits per heavy atom. The molecule has 3 rings (SSSR count). The Labute approximate surface area is 168 Å². The number of hydrogen-bond donors (Lipinski definition) is 0. The Hall–Kier alpha value is -1.23. The van der Waals surface area contributed by atoms with Crippen molar-refractivity contribution in [1.82, 2.24) is 9.88 Å². The molecular weight excluding hydrogens is 352 g/mol. The summed E-state index contributed by atoms with van der Waals surface area (Å²) in [7, 11) is 0. The second-order valence-corrected chi connectivity index (χ2v) is 9.49. The summed E-state index contributed by atoms with van der Waals surface area (Å²) in [6.45, 7) is 14.1. The minimum atomic E-state index is -0.0166. The number of hydrogen-bond acceptors (Lipinski definition) is 4. The average Bonchev–Trinajstić information content (AvgIpc) is 3.31. The van der Waals surface area contributed by atoms with Crippen LogP contribution < -0.4 is 0 Å². The molecule has 2 atom stereocenters. The summed E-state index contributed by atoms with van der Waals surface area (Å²) in [6.07, 6.45) is 5.86. The van der Waals surface area contributed by atoms with E-state index in [1.54, 1.807) is 0 Å². The Bertz CT molecular complexity index is 710. The van der Waals surface area contributed by atoms with Gasteiger partial charge in [0.15, 0.2) is 0 Å². The van der Waals surface area contributed by atoms with Gasteiger partial charge in [0.05, 0.1) is 6.10 Å². The molecule has 2 aromatic heterocycles. The molecule has 0 unspecified atom stereocenters. The van der Waals surface area contributed by atoms with E-state index in [0.29, 0.717) is 0 Å². The summed E-state index contributed by atoms with van der Waals surface area (Å²) < 4.78 is 6.15. The molecule has 0 aliphatic carbocycles. The summed E-state index contributed by atoms with van der Waals surface area (Å²) in [5.41, 5.74) is 2.57. The molecule has 3 heterocycles. The zero-order chi connectivity index (χ0) is 19.5. The van der Waals surface area contributed by atoms with Crippen LogP contribution in [0.4, 0.5) is 0 Å². The van der Waals surface area contributed by atoms with E-state index in [4.69, 9.17) is 4.74 Å². The SMILES string of the molecule is CCO[C@@H](C)[C@@]1(CCc2cccs2)CCN(C(C)(C)c2ccc(C)nc2)C1. The van der Waals surface area contributed by atoms with Gasteiger partial charge in [-0.3, -0.25) is 9.88 Å². The van der Waals surface area contributed by atoms with Crippen LogP contribution in [-0.4, -0.2) is 35.7 Å². The third-order valence-corrected chi connectivity index (χ3v) is 7.46. The van der Waals surface area contributed by atoms with E-state index in [9.17, 15) is 0 Å². The van der Waals surface area contributed by atoms with Crippen LogP contribution >= 0.6 is 11.3 Å². The molecule has 148 valence electrons. The van der Waals surface area contributed by atoms with Crippen LogP contribution in [0.25, 0.3) is 0 Å². The van der Waals surface area contributed by atoms with Crippen LogP contribution in [0.3, 0.4) is 0 Å². The lowest BCUT2D eigenvalue weighted by atomic mass is 9.77. The van der Waals surface area contributed by atoms with Crippen LogP contribution in [0.5, 0.6) is 0 Å². The standard InChI is InChI=1S/C23H34N2OS/c1-6-26-19(3)23(12-11-21-8-7-15-27-21)13-14-25(17-23)22(4,5)20-10-9-18(2)24-16-20/h7-10,15-16,19H,6,11-14,17H2,1-5H3/t19-,23-/m0/s1. The highest BCUT2D eigenvalue weighted by Gasteiger charge is 2.46. The molecule has 1 aliphatic heterocycles. The highest BCUT2D eigenvalue weighted by molar-refractivity contribution is 7.09. The van der Waals surface area contributed by atoms with Crippen LogP contribution in [0.1, 0.15) is 56.7 Å². The molecule has 1 saturated heterocycles. The predicted molar refractivity (Wildman–Crippen MR) is 114 cm³/mol. The maximum Gasteiger partial charge on any atom is 0.0615 e. The number of ether oxygens (including phenoxy) is 1. The summed E-state index contributed by atoms with van der Waals surface area (Å²) >= 11 is 1.87. The first-order valence-electron chi connectivity index (χ1n) is 10.2. The molecule has 1 fully saturated rings. The van der Waals surface area contributed by atoms with Crippen LogP contribution in [0, 0.1) is 12.3 Å². The summed E-state index contributed by atoms with van der Waals surface area (Å²) in [4.78, 5) is 8.66. The number of aromatic nitrogens is 1. The maximum atomic E-state index is 6.15. The van der Waals surface area contributed by atoms with Crippen LogP contribution in [0.15, 0.2) is 35.8 Å². The van der Waals surface area contributed by atoms with Gasteiger partial charge in [-0.2, -0.15) is 0 Å². The molecule has 0 N–H and O–H groups in total. The van der Waals surface area contributed by atoms with Crippen molar-refractivity contribution >= 4 is 11.3 Å². The van der Waals surface area contributed by atoms with Gasteiger partial charge in [0, 0.05) is 40.9 Å². The van der Waals surface area contributed by atoms with Crippen molar-refractivity contribution in [1.29, 1.82) is 0 Å². The zero-order valence-corrected chi connectivity index (χ0v) is 18.3. The summed E-state index contributed by atoms with van der Waals surface area (Å²) in [5.74, 6) is 0. The molecule has 0 aromatic carbocycles. The maximum absolute atomic E-state index is 6.15. The number of thiophene rings is 1. The lowest BCUT2D eigenvalue weighted by Gasteiger charge is -2.40. The van der Waals surface area contributed by atoms with E-state index in [0.717, 1.165) is 31.8 Å². The van der Waals surface area contributed by atoms with Crippen molar-refractivity contribution in [2.75, 3.05) is 19.7 Å². The molecule has 4 heteroatoms. The van der Waals surface area contributed by atoms with E-state index in [-0.39, 0.29) is 17.1 Å². The third kappa shape index (κ3) is 4.44. The van der Waals surface area contributed by atoms with Crippen molar-refractivity contribution in [3.8, 4) is 0 Å². The first-order chi connectivity index (χ1) is 12.9.